The zero-order valence-electron chi connectivity index (χ0n) is 15.9. The number of nitrogens with one attached hydrogen (secondary N) is 1. The zero-order valence-corrected chi connectivity index (χ0v) is 16.7. The molecule has 0 aliphatic heterocycles. The molecule has 3 rings (SSSR count). The van der Waals surface area contributed by atoms with Crippen LogP contribution in [-0.4, -0.2) is 13.3 Å². The molecule has 0 atom stereocenters. The second-order valence-electron chi connectivity index (χ2n) is 6.14. The lowest BCUT2D eigenvalue weighted by Crippen LogP contribution is -2.07. The molecular formula is C23H20ClN3O2. The predicted molar refractivity (Wildman–Crippen MR) is 114 cm³/mol. The Bertz CT molecular complexity index is 1040. The van der Waals surface area contributed by atoms with Crippen LogP contribution < -0.4 is 14.9 Å². The maximum absolute atomic E-state index is 9.22. The van der Waals surface area contributed by atoms with E-state index in [1.807, 2.05) is 42.5 Å². The average Bonchev–Trinajstić information content (AvgIpc) is 2.76. The van der Waals surface area contributed by atoms with Crippen LogP contribution in [0.15, 0.2) is 71.8 Å². The van der Waals surface area contributed by atoms with Crippen LogP contribution in [0.2, 0.25) is 5.02 Å². The summed E-state index contributed by atoms with van der Waals surface area (Å²) in [5.74, 6) is 1.43. The lowest BCUT2D eigenvalue weighted by atomic mass is 10.1. The topological polar surface area (TPSA) is 66.6 Å². The van der Waals surface area contributed by atoms with Crippen molar-refractivity contribution in [1.82, 2.24) is 5.43 Å². The van der Waals surface area contributed by atoms with Crippen LogP contribution in [0.5, 0.6) is 11.5 Å². The van der Waals surface area contributed by atoms with Crippen LogP contribution in [0.1, 0.15) is 22.3 Å². The Kier molecular flexibility index (Phi) is 7.10. The highest BCUT2D eigenvalue weighted by Gasteiger charge is 2.06. The first kappa shape index (κ1) is 20.2. The number of halogens is 1. The van der Waals surface area contributed by atoms with E-state index in [1.54, 1.807) is 37.6 Å². The van der Waals surface area contributed by atoms with Crippen LogP contribution >= 0.6 is 11.6 Å². The van der Waals surface area contributed by atoms with Crippen molar-refractivity contribution in [3.05, 3.63) is 94.0 Å². The molecule has 0 aromatic heterocycles. The van der Waals surface area contributed by atoms with Crippen molar-refractivity contribution in [3.8, 4) is 17.6 Å². The van der Waals surface area contributed by atoms with Gasteiger partial charge in [-0.3, -0.25) is 0 Å². The van der Waals surface area contributed by atoms with E-state index in [2.05, 4.69) is 16.6 Å². The van der Waals surface area contributed by atoms with Gasteiger partial charge in [0.1, 0.15) is 18.1 Å². The van der Waals surface area contributed by atoms with E-state index >= 15 is 0 Å². The molecule has 3 aromatic carbocycles. The normalized spacial score (nSPS) is 10.5. The smallest absolute Gasteiger partial charge is 0.128 e. The molecule has 0 unspecified atom stereocenters. The van der Waals surface area contributed by atoms with E-state index in [1.165, 1.54) is 0 Å². The van der Waals surface area contributed by atoms with E-state index in [-0.39, 0.29) is 6.61 Å². The molecule has 5 nitrogen and oxygen atoms in total. The minimum absolute atomic E-state index is 0.279. The monoisotopic (exact) mass is 405 g/mol. The molecule has 0 saturated carbocycles. The van der Waals surface area contributed by atoms with Crippen molar-refractivity contribution in [2.24, 2.45) is 5.10 Å². The van der Waals surface area contributed by atoms with Crippen LogP contribution in [0, 0.1) is 11.3 Å². The molecule has 0 bridgehead atoms. The number of hydrazone groups is 1. The first-order chi connectivity index (χ1) is 14.2. The Morgan fingerprint density at radius 3 is 2.59 bits per heavy atom. The molecular weight excluding hydrogens is 386 g/mol. The summed E-state index contributed by atoms with van der Waals surface area (Å²) in [5.41, 5.74) is 6.16. The summed E-state index contributed by atoms with van der Waals surface area (Å²) in [7, 11) is 1.64. The number of methoxy groups -OCH3 is 1. The van der Waals surface area contributed by atoms with Crippen LogP contribution in [0.3, 0.4) is 0 Å². The molecule has 0 saturated heterocycles. The maximum atomic E-state index is 9.22. The third-order valence-corrected chi connectivity index (χ3v) is 4.48. The van der Waals surface area contributed by atoms with Gasteiger partial charge in [0.15, 0.2) is 0 Å². The number of ether oxygens (including phenoxy) is 2. The summed E-state index contributed by atoms with van der Waals surface area (Å²) in [6.07, 6.45) is 1.66. The zero-order chi connectivity index (χ0) is 20.5. The quantitative estimate of drug-likeness (QED) is 0.426. The Morgan fingerprint density at radius 2 is 1.79 bits per heavy atom. The summed E-state index contributed by atoms with van der Waals surface area (Å²) in [5, 5.41) is 14.1. The van der Waals surface area contributed by atoms with Gasteiger partial charge >= 0.3 is 0 Å². The fourth-order valence-corrected chi connectivity index (χ4v) is 2.94. The number of benzene rings is 3. The van der Waals surface area contributed by atoms with Gasteiger partial charge in [-0.25, -0.2) is 0 Å². The predicted octanol–water partition coefficient (Wildman–Crippen LogP) is 4.92. The molecule has 0 aliphatic carbocycles. The van der Waals surface area contributed by atoms with Crippen LogP contribution in [0.25, 0.3) is 0 Å². The van der Waals surface area contributed by atoms with Crippen LogP contribution in [0.4, 0.5) is 0 Å². The number of hydrogen-bond donors (Lipinski definition) is 1. The molecule has 29 heavy (non-hydrogen) atoms. The number of rotatable bonds is 8. The fourth-order valence-electron chi connectivity index (χ4n) is 2.76. The van der Waals surface area contributed by atoms with E-state index < -0.39 is 0 Å². The van der Waals surface area contributed by atoms with Gasteiger partial charge in [-0.05, 0) is 30.3 Å². The third-order valence-electron chi connectivity index (χ3n) is 4.25. The van der Waals surface area contributed by atoms with Gasteiger partial charge in [-0.1, -0.05) is 48.0 Å². The molecule has 146 valence electrons. The first-order valence-corrected chi connectivity index (χ1v) is 9.37. The van der Waals surface area contributed by atoms with Gasteiger partial charge in [-0.15, -0.1) is 0 Å². The summed E-state index contributed by atoms with van der Waals surface area (Å²) >= 11 is 6.13. The third kappa shape index (κ3) is 5.50. The van der Waals surface area contributed by atoms with Gasteiger partial charge in [0, 0.05) is 21.7 Å². The van der Waals surface area contributed by atoms with Crippen molar-refractivity contribution in [3.63, 3.8) is 0 Å². The van der Waals surface area contributed by atoms with Gasteiger partial charge in [0.25, 0.3) is 0 Å². The summed E-state index contributed by atoms with van der Waals surface area (Å²) in [6, 6.07) is 22.6. The molecule has 0 fully saturated rings. The van der Waals surface area contributed by atoms with Gasteiger partial charge in [0.2, 0.25) is 0 Å². The van der Waals surface area contributed by atoms with E-state index in [9.17, 15) is 5.26 Å². The number of hydrogen-bond acceptors (Lipinski definition) is 5. The van der Waals surface area contributed by atoms with Gasteiger partial charge < -0.3 is 14.9 Å². The molecule has 6 heteroatoms. The average molecular weight is 406 g/mol. The highest BCUT2D eigenvalue weighted by Crippen LogP contribution is 2.23. The SMILES string of the molecule is COc1ccccc1CN/N=C/c1cc(Cl)ccc1OCc1ccccc1C#N. The Labute approximate surface area is 175 Å². The molecule has 0 spiro atoms. The first-order valence-electron chi connectivity index (χ1n) is 8.99. The number of nitrogens with zero attached hydrogens (tertiary/aromatic N) is 2. The van der Waals surface area contributed by atoms with Crippen LogP contribution in [-0.2, 0) is 13.2 Å². The summed E-state index contributed by atoms with van der Waals surface area (Å²) in [4.78, 5) is 0. The van der Waals surface area contributed by atoms with Gasteiger partial charge in [-0.2, -0.15) is 10.4 Å². The van der Waals surface area contributed by atoms with Crippen molar-refractivity contribution in [2.45, 2.75) is 13.2 Å². The lowest BCUT2D eigenvalue weighted by molar-refractivity contribution is 0.305. The van der Waals surface area contributed by atoms with Gasteiger partial charge in [0.05, 0.1) is 31.5 Å². The standard InChI is InChI=1S/C23H20ClN3O2/c1-28-22-9-5-4-7-18(22)14-26-27-15-20-12-21(24)10-11-23(20)29-16-19-8-3-2-6-17(19)13-25/h2-12,15,26H,14,16H2,1H3/b27-15+. The fraction of sp³-hybridized carbons (Fsp3) is 0.130. The van der Waals surface area contributed by atoms with Crippen molar-refractivity contribution < 1.29 is 9.47 Å². The molecule has 0 amide bonds. The molecule has 3 aromatic rings. The van der Waals surface area contributed by atoms with E-state index in [0.717, 1.165) is 22.4 Å². The summed E-state index contributed by atoms with van der Waals surface area (Å²) < 4.78 is 11.3. The maximum Gasteiger partial charge on any atom is 0.128 e. The minimum atomic E-state index is 0.279. The Hall–Kier alpha value is -3.49. The molecule has 1 N–H and O–H groups in total. The molecule has 0 radical (unpaired) electrons. The number of nitriles is 1. The molecule has 0 aliphatic rings. The minimum Gasteiger partial charge on any atom is -0.496 e. The second-order valence-corrected chi connectivity index (χ2v) is 6.58. The van der Waals surface area contributed by atoms with E-state index in [0.29, 0.717) is 22.9 Å². The molecule has 0 heterocycles. The highest BCUT2D eigenvalue weighted by molar-refractivity contribution is 6.30. The van der Waals surface area contributed by atoms with Crippen molar-refractivity contribution >= 4 is 17.8 Å². The highest BCUT2D eigenvalue weighted by atomic mass is 35.5. The van der Waals surface area contributed by atoms with Crippen molar-refractivity contribution in [1.29, 1.82) is 5.26 Å². The lowest BCUT2D eigenvalue weighted by Gasteiger charge is -2.11. The Balaban J connectivity index is 1.68. The Morgan fingerprint density at radius 1 is 1.03 bits per heavy atom. The second kappa shape index (κ2) is 10.2. The number of para-hydroxylation sites is 1. The largest absolute Gasteiger partial charge is 0.496 e. The van der Waals surface area contributed by atoms with Crippen molar-refractivity contribution in [2.75, 3.05) is 7.11 Å². The summed E-state index contributed by atoms with van der Waals surface area (Å²) in [6.45, 7) is 0.799. The van der Waals surface area contributed by atoms with E-state index in [4.69, 9.17) is 21.1 Å².